The van der Waals surface area contributed by atoms with Crippen LogP contribution < -0.4 is 11.1 Å². The molecule has 0 radical (unpaired) electrons. The Hall–Kier alpha value is -0.610. The molecule has 1 rings (SSSR count). The summed E-state index contributed by atoms with van der Waals surface area (Å²) in [5, 5.41) is 11.5. The van der Waals surface area contributed by atoms with Gasteiger partial charge in [-0.1, -0.05) is 6.92 Å². The van der Waals surface area contributed by atoms with E-state index in [1.54, 1.807) is 0 Å². The van der Waals surface area contributed by atoms with Crippen molar-refractivity contribution in [1.29, 1.82) is 0 Å². The first-order valence-electron chi connectivity index (χ1n) is 3.87. The molecule has 0 aromatic carbocycles. The Morgan fingerprint density at radius 2 is 2.36 bits per heavy atom. The molecule has 0 aliphatic carbocycles. The summed E-state index contributed by atoms with van der Waals surface area (Å²) in [6.07, 6.45) is 0.825. The average molecular weight is 158 g/mol. The van der Waals surface area contributed by atoms with Gasteiger partial charge in [0, 0.05) is 5.92 Å². The van der Waals surface area contributed by atoms with Gasteiger partial charge in [0.2, 0.25) is 5.91 Å². The van der Waals surface area contributed by atoms with Crippen molar-refractivity contribution in [3.63, 3.8) is 0 Å². The van der Waals surface area contributed by atoms with Gasteiger partial charge in [-0.3, -0.25) is 4.79 Å². The molecule has 0 saturated carbocycles. The van der Waals surface area contributed by atoms with Crippen molar-refractivity contribution in [3.8, 4) is 0 Å². The quantitative estimate of drug-likeness (QED) is 0.474. The van der Waals surface area contributed by atoms with E-state index in [2.05, 4.69) is 5.32 Å². The average Bonchev–Trinajstić information content (AvgIpc) is 2.28. The van der Waals surface area contributed by atoms with E-state index in [0.29, 0.717) is 0 Å². The van der Waals surface area contributed by atoms with E-state index in [1.807, 2.05) is 6.92 Å². The lowest BCUT2D eigenvalue weighted by Crippen LogP contribution is -2.34. The lowest BCUT2D eigenvalue weighted by atomic mass is 9.95. The van der Waals surface area contributed by atoms with Gasteiger partial charge >= 0.3 is 0 Å². The van der Waals surface area contributed by atoms with Crippen LogP contribution in [-0.2, 0) is 4.79 Å². The van der Waals surface area contributed by atoms with Gasteiger partial charge in [-0.15, -0.1) is 0 Å². The number of rotatable bonds is 2. The Bertz CT molecular complexity index is 161. The molecule has 1 saturated heterocycles. The van der Waals surface area contributed by atoms with Crippen LogP contribution in [0, 0.1) is 5.92 Å². The molecule has 1 fully saturated rings. The third-order valence-electron chi connectivity index (χ3n) is 2.28. The minimum Gasteiger partial charge on any atom is -0.394 e. The minimum absolute atomic E-state index is 0.0159. The second kappa shape index (κ2) is 3.19. The van der Waals surface area contributed by atoms with Crippen molar-refractivity contribution in [2.24, 2.45) is 11.7 Å². The molecular formula is C7H14N2O2. The van der Waals surface area contributed by atoms with Gasteiger partial charge in [0.1, 0.15) is 0 Å². The van der Waals surface area contributed by atoms with Gasteiger partial charge in [0.15, 0.2) is 0 Å². The smallest absolute Gasteiger partial charge is 0.237 e. The number of aliphatic hydroxyl groups excluding tert-OH is 1. The highest BCUT2D eigenvalue weighted by Crippen LogP contribution is 2.18. The zero-order valence-corrected chi connectivity index (χ0v) is 6.58. The third kappa shape index (κ3) is 1.36. The molecule has 4 N–H and O–H groups in total. The predicted molar refractivity (Wildman–Crippen MR) is 40.8 cm³/mol. The molecule has 1 heterocycles. The number of nitrogens with one attached hydrogen (secondary N) is 1. The van der Waals surface area contributed by atoms with Gasteiger partial charge in [-0.2, -0.15) is 0 Å². The van der Waals surface area contributed by atoms with Gasteiger partial charge in [0.05, 0.1) is 18.7 Å². The van der Waals surface area contributed by atoms with Crippen molar-refractivity contribution >= 4 is 5.91 Å². The molecule has 0 spiro atoms. The van der Waals surface area contributed by atoms with E-state index in [-0.39, 0.29) is 24.5 Å². The number of hydrogen-bond donors (Lipinski definition) is 3. The van der Waals surface area contributed by atoms with Gasteiger partial charge in [-0.05, 0) is 6.42 Å². The Morgan fingerprint density at radius 3 is 2.73 bits per heavy atom. The van der Waals surface area contributed by atoms with Gasteiger partial charge in [-0.25, -0.2) is 0 Å². The Balaban J connectivity index is 2.64. The maximum atomic E-state index is 11.0. The molecule has 4 nitrogen and oxygen atoms in total. The van der Waals surface area contributed by atoms with E-state index in [1.165, 1.54) is 0 Å². The highest BCUT2D eigenvalue weighted by Gasteiger charge is 2.37. The molecule has 0 unspecified atom stereocenters. The maximum Gasteiger partial charge on any atom is 0.237 e. The Labute approximate surface area is 65.8 Å². The van der Waals surface area contributed by atoms with E-state index < -0.39 is 6.04 Å². The fourth-order valence-corrected chi connectivity index (χ4v) is 1.55. The summed E-state index contributed by atoms with van der Waals surface area (Å²) in [5.74, 6) is -0.0524. The molecule has 1 amide bonds. The van der Waals surface area contributed by atoms with Crippen molar-refractivity contribution < 1.29 is 9.90 Å². The number of carbonyl (C=O) groups excluding carboxylic acids is 1. The number of aliphatic hydroxyl groups is 1. The first-order valence-corrected chi connectivity index (χ1v) is 3.87. The fraction of sp³-hybridized carbons (Fsp3) is 0.857. The van der Waals surface area contributed by atoms with Crippen molar-refractivity contribution in [1.82, 2.24) is 5.32 Å². The molecule has 11 heavy (non-hydrogen) atoms. The molecule has 0 bridgehead atoms. The van der Waals surface area contributed by atoms with E-state index >= 15 is 0 Å². The van der Waals surface area contributed by atoms with Crippen LogP contribution >= 0.6 is 0 Å². The maximum absolute atomic E-state index is 11.0. The molecule has 1 aliphatic rings. The van der Waals surface area contributed by atoms with Crippen molar-refractivity contribution in [2.45, 2.75) is 25.4 Å². The van der Waals surface area contributed by atoms with Crippen LogP contribution in [0.5, 0.6) is 0 Å². The molecular weight excluding hydrogens is 144 g/mol. The Kier molecular flexibility index (Phi) is 2.46. The fourth-order valence-electron chi connectivity index (χ4n) is 1.55. The zero-order chi connectivity index (χ0) is 8.43. The molecule has 1 aliphatic heterocycles. The van der Waals surface area contributed by atoms with Gasteiger partial charge in [0.25, 0.3) is 0 Å². The summed E-state index contributed by atoms with van der Waals surface area (Å²) in [7, 11) is 0. The lowest BCUT2D eigenvalue weighted by Gasteiger charge is -2.15. The number of nitrogens with two attached hydrogens (primary N) is 1. The van der Waals surface area contributed by atoms with Crippen molar-refractivity contribution in [3.05, 3.63) is 0 Å². The third-order valence-corrected chi connectivity index (χ3v) is 2.28. The van der Waals surface area contributed by atoms with Crippen LogP contribution in [0.3, 0.4) is 0 Å². The zero-order valence-electron chi connectivity index (χ0n) is 6.58. The lowest BCUT2D eigenvalue weighted by molar-refractivity contribution is -0.120. The number of carbonyl (C=O) groups is 1. The van der Waals surface area contributed by atoms with Crippen LogP contribution in [0.4, 0.5) is 0 Å². The van der Waals surface area contributed by atoms with Crippen LogP contribution in [0.2, 0.25) is 0 Å². The van der Waals surface area contributed by atoms with E-state index in [0.717, 1.165) is 6.42 Å². The summed E-state index contributed by atoms with van der Waals surface area (Å²) in [6, 6.07) is -0.570. The SMILES string of the molecule is CC[C@@H]1[C@H](N)C(=O)N[C@@H]1CO. The molecule has 64 valence electrons. The monoisotopic (exact) mass is 158 g/mol. The predicted octanol–water partition coefficient (Wildman–Crippen LogP) is -1.17. The van der Waals surface area contributed by atoms with Crippen LogP contribution in [0.25, 0.3) is 0 Å². The van der Waals surface area contributed by atoms with E-state index in [9.17, 15) is 4.79 Å². The van der Waals surface area contributed by atoms with E-state index in [4.69, 9.17) is 10.8 Å². The topological polar surface area (TPSA) is 75.4 Å². The van der Waals surface area contributed by atoms with Crippen LogP contribution in [-0.4, -0.2) is 29.7 Å². The first-order chi connectivity index (χ1) is 5.20. The molecule has 3 atom stereocenters. The summed E-state index contributed by atoms with van der Waals surface area (Å²) < 4.78 is 0. The number of hydrogen-bond acceptors (Lipinski definition) is 3. The molecule has 4 heteroatoms. The number of amides is 1. The second-order valence-electron chi connectivity index (χ2n) is 2.90. The van der Waals surface area contributed by atoms with Gasteiger partial charge < -0.3 is 16.2 Å². The van der Waals surface area contributed by atoms with Crippen LogP contribution in [0.1, 0.15) is 13.3 Å². The van der Waals surface area contributed by atoms with Crippen molar-refractivity contribution in [2.75, 3.05) is 6.61 Å². The summed E-state index contributed by atoms with van der Waals surface area (Å²) >= 11 is 0. The molecule has 0 aromatic heterocycles. The Morgan fingerprint density at radius 1 is 1.73 bits per heavy atom. The second-order valence-corrected chi connectivity index (χ2v) is 2.90. The summed E-state index contributed by atoms with van der Waals surface area (Å²) in [4.78, 5) is 11.0. The standard InChI is InChI=1S/C7H14N2O2/c1-2-4-5(3-10)9-7(11)6(4)8/h4-6,10H,2-3,8H2,1H3,(H,9,11)/t4-,5+,6-/m0/s1. The minimum atomic E-state index is -0.433. The first kappa shape index (κ1) is 8.49. The normalized spacial score (nSPS) is 37.4. The summed E-state index contributed by atoms with van der Waals surface area (Å²) in [5.41, 5.74) is 5.58. The molecule has 0 aromatic rings. The summed E-state index contributed by atoms with van der Waals surface area (Å²) in [6.45, 7) is 1.95. The highest BCUT2D eigenvalue weighted by atomic mass is 16.3. The van der Waals surface area contributed by atoms with Crippen LogP contribution in [0.15, 0.2) is 0 Å². The largest absolute Gasteiger partial charge is 0.394 e. The highest BCUT2D eigenvalue weighted by molar-refractivity contribution is 5.84.